The smallest absolute Gasteiger partial charge is 0.0508 e. The molecule has 0 spiro atoms. The number of benzene rings is 1. The number of nitrogens with two attached hydrogens (primary N) is 1. The van der Waals surface area contributed by atoms with Gasteiger partial charge in [-0.3, -0.25) is 0 Å². The SMILES string of the molecule is CCC(N)Cc1ccc(N2CCC(COC)C2)c(C)c1. The molecular weight excluding hydrogens is 248 g/mol. The highest BCUT2D eigenvalue weighted by Crippen LogP contribution is 2.28. The first-order valence-electron chi connectivity index (χ1n) is 7.73. The van der Waals surface area contributed by atoms with Gasteiger partial charge in [0.25, 0.3) is 0 Å². The molecule has 1 fully saturated rings. The van der Waals surface area contributed by atoms with E-state index in [0.29, 0.717) is 5.92 Å². The van der Waals surface area contributed by atoms with Crippen LogP contribution in [0.2, 0.25) is 0 Å². The first-order chi connectivity index (χ1) is 9.63. The van der Waals surface area contributed by atoms with Crippen LogP contribution in [0.5, 0.6) is 0 Å². The van der Waals surface area contributed by atoms with Crippen LogP contribution >= 0.6 is 0 Å². The molecule has 0 aromatic heterocycles. The predicted molar refractivity (Wildman–Crippen MR) is 85.3 cm³/mol. The van der Waals surface area contributed by atoms with Crippen molar-refractivity contribution in [1.82, 2.24) is 0 Å². The fraction of sp³-hybridized carbons (Fsp3) is 0.647. The quantitative estimate of drug-likeness (QED) is 0.868. The van der Waals surface area contributed by atoms with Crippen LogP contribution in [0.3, 0.4) is 0 Å². The van der Waals surface area contributed by atoms with E-state index in [0.717, 1.165) is 32.5 Å². The molecule has 1 heterocycles. The maximum atomic E-state index is 6.04. The Morgan fingerprint density at radius 1 is 1.45 bits per heavy atom. The van der Waals surface area contributed by atoms with Gasteiger partial charge in [0.15, 0.2) is 0 Å². The van der Waals surface area contributed by atoms with E-state index in [2.05, 4.69) is 36.9 Å². The highest BCUT2D eigenvalue weighted by Gasteiger charge is 2.23. The van der Waals surface area contributed by atoms with Gasteiger partial charge in [0.1, 0.15) is 0 Å². The third kappa shape index (κ3) is 3.74. The zero-order chi connectivity index (χ0) is 14.5. The average molecular weight is 276 g/mol. The Labute approximate surface area is 123 Å². The van der Waals surface area contributed by atoms with Gasteiger partial charge in [0.2, 0.25) is 0 Å². The summed E-state index contributed by atoms with van der Waals surface area (Å²) in [6.07, 6.45) is 3.24. The van der Waals surface area contributed by atoms with Crippen LogP contribution in [0.15, 0.2) is 18.2 Å². The van der Waals surface area contributed by atoms with Crippen molar-refractivity contribution >= 4 is 5.69 Å². The first kappa shape index (κ1) is 15.3. The number of aryl methyl sites for hydroxylation is 1. The molecule has 0 amide bonds. The predicted octanol–water partition coefficient (Wildman–Crippen LogP) is 2.75. The summed E-state index contributed by atoms with van der Waals surface area (Å²) in [7, 11) is 1.79. The summed E-state index contributed by atoms with van der Waals surface area (Å²) in [6.45, 7) is 7.48. The number of ether oxygens (including phenoxy) is 1. The standard InChI is InChI=1S/C17H28N2O/c1-4-16(18)10-14-5-6-17(13(2)9-14)19-8-7-15(11-19)12-20-3/h5-6,9,15-16H,4,7-8,10-12,18H2,1-3H3. The van der Waals surface area contributed by atoms with Crippen molar-refractivity contribution in [2.75, 3.05) is 31.7 Å². The Morgan fingerprint density at radius 3 is 2.90 bits per heavy atom. The molecule has 3 heteroatoms. The highest BCUT2D eigenvalue weighted by molar-refractivity contribution is 5.55. The number of anilines is 1. The fourth-order valence-corrected chi connectivity index (χ4v) is 3.07. The van der Waals surface area contributed by atoms with E-state index in [9.17, 15) is 0 Å². The summed E-state index contributed by atoms with van der Waals surface area (Å²) >= 11 is 0. The number of nitrogens with zero attached hydrogens (tertiary/aromatic N) is 1. The van der Waals surface area contributed by atoms with E-state index in [1.807, 2.05) is 0 Å². The lowest BCUT2D eigenvalue weighted by Gasteiger charge is -2.22. The number of methoxy groups -OCH3 is 1. The van der Waals surface area contributed by atoms with Crippen LogP contribution in [-0.4, -0.2) is 32.8 Å². The minimum absolute atomic E-state index is 0.276. The molecule has 2 unspecified atom stereocenters. The summed E-state index contributed by atoms with van der Waals surface area (Å²) in [5.41, 5.74) is 10.1. The number of rotatable bonds is 6. The molecule has 0 radical (unpaired) electrons. The van der Waals surface area contributed by atoms with Gasteiger partial charge in [0, 0.05) is 37.8 Å². The van der Waals surface area contributed by atoms with E-state index in [4.69, 9.17) is 10.5 Å². The van der Waals surface area contributed by atoms with Gasteiger partial charge in [-0.15, -0.1) is 0 Å². The molecule has 2 N–H and O–H groups in total. The first-order valence-corrected chi connectivity index (χ1v) is 7.73. The molecule has 1 aromatic rings. The molecular formula is C17H28N2O. The molecule has 3 nitrogen and oxygen atoms in total. The van der Waals surface area contributed by atoms with Gasteiger partial charge in [-0.25, -0.2) is 0 Å². The van der Waals surface area contributed by atoms with Crippen LogP contribution in [0.1, 0.15) is 30.9 Å². The number of hydrogen-bond donors (Lipinski definition) is 1. The second kappa shape index (κ2) is 7.09. The Hall–Kier alpha value is -1.06. The van der Waals surface area contributed by atoms with Crippen molar-refractivity contribution in [1.29, 1.82) is 0 Å². The molecule has 0 aliphatic carbocycles. The van der Waals surface area contributed by atoms with Crippen LogP contribution < -0.4 is 10.6 Å². The monoisotopic (exact) mass is 276 g/mol. The van der Waals surface area contributed by atoms with Crippen molar-refractivity contribution in [3.05, 3.63) is 29.3 Å². The van der Waals surface area contributed by atoms with Crippen LogP contribution in [-0.2, 0) is 11.2 Å². The average Bonchev–Trinajstić information content (AvgIpc) is 2.87. The highest BCUT2D eigenvalue weighted by atomic mass is 16.5. The third-order valence-electron chi connectivity index (χ3n) is 4.31. The third-order valence-corrected chi connectivity index (χ3v) is 4.31. The van der Waals surface area contributed by atoms with E-state index < -0.39 is 0 Å². The van der Waals surface area contributed by atoms with Crippen LogP contribution in [0, 0.1) is 12.8 Å². The van der Waals surface area contributed by atoms with Crippen molar-refractivity contribution in [3.8, 4) is 0 Å². The maximum Gasteiger partial charge on any atom is 0.0508 e. The minimum atomic E-state index is 0.276. The van der Waals surface area contributed by atoms with E-state index in [-0.39, 0.29) is 6.04 Å². The summed E-state index contributed by atoms with van der Waals surface area (Å²) in [5.74, 6) is 0.674. The fourth-order valence-electron chi connectivity index (χ4n) is 3.07. The molecule has 1 aliphatic heterocycles. The van der Waals surface area contributed by atoms with Crippen LogP contribution in [0.4, 0.5) is 5.69 Å². The van der Waals surface area contributed by atoms with Crippen molar-refractivity contribution in [3.63, 3.8) is 0 Å². The Bertz CT molecular complexity index is 433. The molecule has 112 valence electrons. The second-order valence-corrected chi connectivity index (χ2v) is 6.05. The van der Waals surface area contributed by atoms with Crippen LogP contribution in [0.25, 0.3) is 0 Å². The molecule has 0 bridgehead atoms. The largest absolute Gasteiger partial charge is 0.384 e. The topological polar surface area (TPSA) is 38.5 Å². The zero-order valence-electron chi connectivity index (χ0n) is 13.1. The molecule has 1 saturated heterocycles. The molecule has 2 atom stereocenters. The number of hydrogen-bond acceptors (Lipinski definition) is 3. The maximum absolute atomic E-state index is 6.04. The van der Waals surface area contributed by atoms with E-state index in [1.165, 1.54) is 23.2 Å². The zero-order valence-corrected chi connectivity index (χ0v) is 13.1. The molecule has 1 aliphatic rings. The van der Waals surface area contributed by atoms with Gasteiger partial charge in [0.05, 0.1) is 6.61 Å². The van der Waals surface area contributed by atoms with Gasteiger partial charge < -0.3 is 15.4 Å². The van der Waals surface area contributed by atoms with Crippen molar-refractivity contribution in [2.45, 2.75) is 39.2 Å². The summed E-state index contributed by atoms with van der Waals surface area (Å²) in [4.78, 5) is 2.49. The lowest BCUT2D eigenvalue weighted by atomic mass is 10.0. The van der Waals surface area contributed by atoms with Crippen molar-refractivity contribution in [2.24, 2.45) is 11.7 Å². The lowest BCUT2D eigenvalue weighted by Crippen LogP contribution is -2.23. The Morgan fingerprint density at radius 2 is 2.25 bits per heavy atom. The minimum Gasteiger partial charge on any atom is -0.384 e. The molecule has 2 rings (SSSR count). The van der Waals surface area contributed by atoms with E-state index >= 15 is 0 Å². The lowest BCUT2D eigenvalue weighted by molar-refractivity contribution is 0.161. The van der Waals surface area contributed by atoms with Gasteiger partial charge in [-0.05, 0) is 43.4 Å². The summed E-state index contributed by atoms with van der Waals surface area (Å²) in [6, 6.07) is 7.08. The molecule has 0 saturated carbocycles. The Kier molecular flexibility index (Phi) is 5.44. The molecule has 20 heavy (non-hydrogen) atoms. The Balaban J connectivity index is 2.03. The normalized spacial score (nSPS) is 20.4. The molecule has 1 aromatic carbocycles. The van der Waals surface area contributed by atoms with Gasteiger partial charge >= 0.3 is 0 Å². The second-order valence-electron chi connectivity index (χ2n) is 6.05. The van der Waals surface area contributed by atoms with Gasteiger partial charge in [-0.1, -0.05) is 19.1 Å². The van der Waals surface area contributed by atoms with Gasteiger partial charge in [-0.2, -0.15) is 0 Å². The summed E-state index contributed by atoms with van der Waals surface area (Å²) < 4.78 is 5.27. The van der Waals surface area contributed by atoms with E-state index in [1.54, 1.807) is 7.11 Å². The summed E-state index contributed by atoms with van der Waals surface area (Å²) in [5, 5.41) is 0. The van der Waals surface area contributed by atoms with Crippen molar-refractivity contribution < 1.29 is 4.74 Å².